The van der Waals surface area contributed by atoms with Crippen molar-refractivity contribution in [1.82, 2.24) is 4.31 Å². The minimum absolute atomic E-state index is 0.0270. The molecule has 1 unspecified atom stereocenters. The summed E-state index contributed by atoms with van der Waals surface area (Å²) >= 11 is 6.13. The van der Waals surface area contributed by atoms with Crippen molar-refractivity contribution in [3.63, 3.8) is 0 Å². The lowest BCUT2D eigenvalue weighted by Gasteiger charge is -2.20. The smallest absolute Gasteiger partial charge is 0.255 e. The Morgan fingerprint density at radius 1 is 1.22 bits per heavy atom. The van der Waals surface area contributed by atoms with E-state index >= 15 is 0 Å². The van der Waals surface area contributed by atoms with Crippen molar-refractivity contribution in [3.8, 4) is 5.75 Å². The molecule has 1 aliphatic heterocycles. The predicted octanol–water partition coefficient (Wildman–Crippen LogP) is 4.49. The Bertz CT molecular complexity index is 1060. The summed E-state index contributed by atoms with van der Waals surface area (Å²) in [6, 6.07) is 9.63. The molecular formula is C23H29ClN2O5S. The molecule has 2 aromatic carbocycles. The molecule has 1 aliphatic rings. The fourth-order valence-electron chi connectivity index (χ4n) is 3.60. The third kappa shape index (κ3) is 5.61. The molecule has 1 heterocycles. The van der Waals surface area contributed by atoms with E-state index in [2.05, 4.69) is 5.32 Å². The van der Waals surface area contributed by atoms with E-state index in [4.69, 9.17) is 21.1 Å². The first-order valence-electron chi connectivity index (χ1n) is 10.7. The molecule has 2 aromatic rings. The van der Waals surface area contributed by atoms with Gasteiger partial charge in [-0.05, 0) is 55.7 Å². The van der Waals surface area contributed by atoms with Crippen LogP contribution in [-0.4, -0.2) is 51.0 Å². The van der Waals surface area contributed by atoms with Crippen molar-refractivity contribution in [2.24, 2.45) is 0 Å². The fraction of sp³-hybridized carbons (Fsp3) is 0.435. The topological polar surface area (TPSA) is 84.9 Å². The van der Waals surface area contributed by atoms with Gasteiger partial charge in [-0.2, -0.15) is 4.31 Å². The second-order valence-electron chi connectivity index (χ2n) is 7.61. The zero-order valence-corrected chi connectivity index (χ0v) is 20.1. The average molecular weight is 481 g/mol. The maximum absolute atomic E-state index is 13.0. The molecule has 32 heavy (non-hydrogen) atoms. The lowest BCUT2D eigenvalue weighted by atomic mass is 10.1. The monoisotopic (exact) mass is 480 g/mol. The zero-order valence-electron chi connectivity index (χ0n) is 18.6. The summed E-state index contributed by atoms with van der Waals surface area (Å²) in [6.07, 6.45) is 1.96. The summed E-state index contributed by atoms with van der Waals surface area (Å²) < 4.78 is 38.8. The van der Waals surface area contributed by atoms with E-state index in [-0.39, 0.29) is 16.6 Å². The Labute approximate surface area is 194 Å². The molecule has 0 spiro atoms. The summed E-state index contributed by atoms with van der Waals surface area (Å²) in [4.78, 5) is 13.1. The van der Waals surface area contributed by atoms with Crippen LogP contribution < -0.4 is 10.1 Å². The number of halogens is 1. The highest BCUT2D eigenvalue weighted by atomic mass is 35.5. The molecule has 0 aromatic heterocycles. The largest absolute Gasteiger partial charge is 0.489 e. The van der Waals surface area contributed by atoms with E-state index in [1.807, 2.05) is 0 Å². The number of hydrogen-bond donors (Lipinski definition) is 1. The summed E-state index contributed by atoms with van der Waals surface area (Å²) in [5.74, 6) is 0.0200. The van der Waals surface area contributed by atoms with E-state index in [1.165, 1.54) is 10.4 Å². The molecule has 0 radical (unpaired) electrons. The van der Waals surface area contributed by atoms with Crippen molar-refractivity contribution in [3.05, 3.63) is 52.5 Å². The fourth-order valence-corrected chi connectivity index (χ4v) is 5.48. The van der Waals surface area contributed by atoms with Gasteiger partial charge >= 0.3 is 0 Å². The summed E-state index contributed by atoms with van der Waals surface area (Å²) in [5.41, 5.74) is 1.22. The molecule has 1 saturated heterocycles. The minimum atomic E-state index is -3.70. The van der Waals surface area contributed by atoms with Gasteiger partial charge in [0.1, 0.15) is 12.4 Å². The first-order valence-corrected chi connectivity index (χ1v) is 12.5. The van der Waals surface area contributed by atoms with Crippen LogP contribution in [0.4, 0.5) is 5.69 Å². The van der Waals surface area contributed by atoms with Gasteiger partial charge in [0.2, 0.25) is 10.0 Å². The Morgan fingerprint density at radius 3 is 2.62 bits per heavy atom. The molecule has 0 aliphatic carbocycles. The number of carbonyl (C=O) groups excluding carboxylic acids is 1. The maximum atomic E-state index is 13.0. The van der Waals surface area contributed by atoms with Gasteiger partial charge in [0.05, 0.1) is 16.7 Å². The van der Waals surface area contributed by atoms with E-state index < -0.39 is 15.9 Å². The van der Waals surface area contributed by atoms with Crippen molar-refractivity contribution < 1.29 is 22.7 Å². The predicted molar refractivity (Wildman–Crippen MR) is 125 cm³/mol. The van der Waals surface area contributed by atoms with E-state index in [1.54, 1.807) is 51.1 Å². The lowest BCUT2D eigenvalue weighted by Crippen LogP contribution is -2.31. The van der Waals surface area contributed by atoms with Crippen LogP contribution in [0.25, 0.3) is 0 Å². The third-order valence-electron chi connectivity index (χ3n) is 5.41. The van der Waals surface area contributed by atoms with Gasteiger partial charge in [-0.3, -0.25) is 4.79 Å². The highest BCUT2D eigenvalue weighted by molar-refractivity contribution is 7.89. The van der Waals surface area contributed by atoms with Gasteiger partial charge in [0.25, 0.3) is 5.91 Å². The minimum Gasteiger partial charge on any atom is -0.489 e. The average Bonchev–Trinajstić information content (AvgIpc) is 3.27. The zero-order chi connectivity index (χ0) is 23.3. The quantitative estimate of drug-likeness (QED) is 0.571. The number of amides is 1. The number of benzene rings is 2. The van der Waals surface area contributed by atoms with Crippen LogP contribution in [0.3, 0.4) is 0 Å². The normalized spacial score (nSPS) is 16.3. The molecule has 1 fully saturated rings. The second-order valence-corrected chi connectivity index (χ2v) is 9.95. The van der Waals surface area contributed by atoms with Gasteiger partial charge in [0.15, 0.2) is 0 Å². The summed E-state index contributed by atoms with van der Waals surface area (Å²) in [5, 5.41) is 3.24. The van der Waals surface area contributed by atoms with Crippen molar-refractivity contribution in [1.29, 1.82) is 0 Å². The third-order valence-corrected chi connectivity index (χ3v) is 7.84. The van der Waals surface area contributed by atoms with Crippen molar-refractivity contribution in [2.45, 2.75) is 44.6 Å². The van der Waals surface area contributed by atoms with E-state index in [0.717, 1.165) is 19.4 Å². The molecule has 174 valence electrons. The number of carbonyl (C=O) groups is 1. The Balaban J connectivity index is 1.84. The number of nitrogens with one attached hydrogen (secondary N) is 1. The van der Waals surface area contributed by atoms with E-state index in [9.17, 15) is 13.2 Å². The first-order chi connectivity index (χ1) is 15.3. The van der Waals surface area contributed by atoms with Crippen LogP contribution in [0.1, 0.15) is 42.6 Å². The number of ether oxygens (including phenoxy) is 2. The molecule has 1 atom stereocenters. The van der Waals surface area contributed by atoms with Gasteiger partial charge in [-0.15, -0.1) is 0 Å². The number of hydrogen-bond acceptors (Lipinski definition) is 5. The SMILES string of the molecule is CCN(CC)S(=O)(=O)c1cc(C(=O)Nc2cc(Cl)ccc2OCC2CCCO2)ccc1C. The van der Waals surface area contributed by atoms with Gasteiger partial charge in [0, 0.05) is 30.3 Å². The van der Waals surface area contributed by atoms with Crippen molar-refractivity contribution >= 4 is 33.2 Å². The van der Waals surface area contributed by atoms with Gasteiger partial charge < -0.3 is 14.8 Å². The van der Waals surface area contributed by atoms with Crippen LogP contribution in [0, 0.1) is 6.92 Å². The number of aryl methyl sites for hydroxylation is 1. The molecule has 3 rings (SSSR count). The van der Waals surface area contributed by atoms with E-state index in [0.29, 0.717) is 41.7 Å². The number of rotatable bonds is 9. The van der Waals surface area contributed by atoms with Crippen LogP contribution in [0.15, 0.2) is 41.3 Å². The molecule has 7 nitrogen and oxygen atoms in total. The second kappa shape index (κ2) is 10.7. The summed E-state index contributed by atoms with van der Waals surface area (Å²) in [6.45, 7) is 7.08. The molecular weight excluding hydrogens is 452 g/mol. The molecule has 1 N–H and O–H groups in total. The lowest BCUT2D eigenvalue weighted by molar-refractivity contribution is 0.0682. The van der Waals surface area contributed by atoms with Crippen LogP contribution in [0.5, 0.6) is 5.75 Å². The molecule has 1 amide bonds. The van der Waals surface area contributed by atoms with Gasteiger partial charge in [-0.25, -0.2) is 8.42 Å². The maximum Gasteiger partial charge on any atom is 0.255 e. The summed E-state index contributed by atoms with van der Waals surface area (Å²) in [7, 11) is -3.70. The highest BCUT2D eigenvalue weighted by Crippen LogP contribution is 2.30. The van der Waals surface area contributed by atoms with Gasteiger partial charge in [-0.1, -0.05) is 31.5 Å². The van der Waals surface area contributed by atoms with Crippen LogP contribution >= 0.6 is 11.6 Å². The highest BCUT2D eigenvalue weighted by Gasteiger charge is 2.25. The van der Waals surface area contributed by atoms with Crippen LogP contribution in [0.2, 0.25) is 5.02 Å². The standard InChI is InChI=1S/C23H29ClN2O5S/c1-4-26(5-2)32(28,29)22-13-17(9-8-16(22)3)23(27)25-20-14-18(24)10-11-21(20)31-15-19-7-6-12-30-19/h8-11,13-14,19H,4-7,12,15H2,1-3H3,(H,25,27). The Morgan fingerprint density at radius 2 is 1.97 bits per heavy atom. The van der Waals surface area contributed by atoms with Crippen molar-refractivity contribution in [2.75, 3.05) is 31.6 Å². The molecule has 9 heteroatoms. The Hall–Kier alpha value is -2.13. The number of nitrogens with zero attached hydrogens (tertiary/aromatic N) is 1. The number of sulfonamides is 1. The Kier molecular flexibility index (Phi) is 8.16. The number of anilines is 1. The molecule has 0 saturated carbocycles. The van der Waals surface area contributed by atoms with Crippen LogP contribution in [-0.2, 0) is 14.8 Å². The molecule has 0 bridgehead atoms. The first kappa shape index (κ1) is 24.5.